The molecular weight excluding hydrogens is 477 g/mol. The van der Waals surface area contributed by atoms with Gasteiger partial charge in [-0.25, -0.2) is 0 Å². The predicted molar refractivity (Wildman–Crippen MR) is 38.6 cm³/mol. The molecular formula is H4I2N2Pt-2. The minimum Gasteiger partial charge on any atom is -0.693 e. The first-order valence-electron chi connectivity index (χ1n) is 0.239. The third kappa shape index (κ3) is 23.5. The van der Waals surface area contributed by atoms with Crippen LogP contribution in [0, 0.1) is 0 Å². The van der Waals surface area contributed by atoms with Gasteiger partial charge < -0.3 is 12.3 Å². The average molecular weight is 481 g/mol. The van der Waals surface area contributed by atoms with E-state index in [1.807, 2.05) is 0 Å². The van der Waals surface area contributed by atoms with Crippen LogP contribution in [0.4, 0.5) is 0 Å². The molecule has 0 aliphatic rings. The summed E-state index contributed by atoms with van der Waals surface area (Å²) < 4.78 is 0. The van der Waals surface area contributed by atoms with E-state index in [9.17, 15) is 0 Å². The zero-order chi connectivity index (χ0) is 2.71. The first-order valence-corrected chi connectivity index (χ1v) is 13.1. The van der Waals surface area contributed by atoms with E-state index in [1.165, 1.54) is 0 Å². The second-order valence-corrected chi connectivity index (χ2v) is 16.6. The molecule has 0 aromatic rings. The molecule has 0 spiro atoms. The van der Waals surface area contributed by atoms with Crippen LogP contribution in [-0.2, 0) is 11.2 Å². The quantitative estimate of drug-likeness (QED) is 0.478. The Hall–Kier alpha value is 2.07. The maximum absolute atomic E-state index is 2.39. The molecule has 0 heterocycles. The Bertz CT molecular complexity index is 7.61. The topological polar surface area (TPSA) is 67.0 Å². The van der Waals surface area contributed by atoms with Crippen LogP contribution >= 0.6 is 38.7 Å². The Labute approximate surface area is 61.2 Å². The maximum Gasteiger partial charge on any atom is -0.693 e. The van der Waals surface area contributed by atoms with Crippen LogP contribution in [0.2, 0.25) is 0 Å². The molecule has 2 nitrogen and oxygen atoms in total. The standard InChI is InChI=1S/2HI.2H2N.Pt/h2*1H;2*1H2;/q;;2*-1;+2/p-2. The summed E-state index contributed by atoms with van der Waals surface area (Å²) in [7, 11) is 0. The average Bonchev–Trinajstić information content (AvgIpc) is 0.918. The number of hydrogen-bond acceptors (Lipinski definition) is 0. The van der Waals surface area contributed by atoms with Crippen LogP contribution < -0.4 is 0 Å². The van der Waals surface area contributed by atoms with Crippen molar-refractivity contribution in [2.75, 3.05) is 0 Å². The van der Waals surface area contributed by atoms with Crippen molar-refractivity contribution in [3.05, 3.63) is 12.3 Å². The molecule has 4 N–H and O–H groups in total. The van der Waals surface area contributed by atoms with Crippen molar-refractivity contribution in [1.29, 1.82) is 0 Å². The maximum atomic E-state index is 2.39. The molecule has 0 aromatic carbocycles. The fraction of sp³-hybridized carbons (Fsp3) is 0. The van der Waals surface area contributed by atoms with Gasteiger partial charge in [0, 0.05) is 0 Å². The zero-order valence-electron chi connectivity index (χ0n) is 2.23. The molecule has 40 valence electrons. The van der Waals surface area contributed by atoms with Crippen LogP contribution in [0.3, 0.4) is 0 Å². The molecule has 0 aliphatic carbocycles. The summed E-state index contributed by atoms with van der Waals surface area (Å²) in [6, 6.07) is 0. The minimum atomic E-state index is 0. The fourth-order valence-electron chi connectivity index (χ4n) is 0. The van der Waals surface area contributed by atoms with Gasteiger partial charge in [-0.1, -0.05) is 0 Å². The fourth-order valence-corrected chi connectivity index (χ4v) is 0. The molecule has 0 aromatic heterocycles. The summed E-state index contributed by atoms with van der Waals surface area (Å²) in [6.07, 6.45) is 0. The third-order valence-electron chi connectivity index (χ3n) is 0. The van der Waals surface area contributed by atoms with Crippen LogP contribution in [0.25, 0.3) is 12.3 Å². The Morgan fingerprint density at radius 1 is 1.00 bits per heavy atom. The molecule has 5 heavy (non-hydrogen) atoms. The monoisotopic (exact) mass is 481 g/mol. The number of halogens is 2. The third-order valence-corrected chi connectivity index (χ3v) is 0. The van der Waals surface area contributed by atoms with Crippen LogP contribution in [0.1, 0.15) is 0 Å². The minimum absolute atomic E-state index is 0. The van der Waals surface area contributed by atoms with Gasteiger partial charge >= 0.3 is 49.9 Å². The summed E-state index contributed by atoms with van der Waals surface area (Å²) in [5, 5.41) is 0. The first-order chi connectivity index (χ1) is 1.41. The Kier molecular flexibility index (Phi) is 52.1. The Morgan fingerprint density at radius 2 is 1.00 bits per heavy atom. The van der Waals surface area contributed by atoms with Crippen molar-refractivity contribution in [2.24, 2.45) is 0 Å². The Balaban J connectivity index is -0.0000000200. The van der Waals surface area contributed by atoms with E-state index in [0.29, 0.717) is 11.2 Å². The molecule has 0 bridgehead atoms. The van der Waals surface area contributed by atoms with Crippen LogP contribution in [-0.4, -0.2) is 0 Å². The molecule has 5 heteroatoms. The number of rotatable bonds is 0. The summed E-state index contributed by atoms with van der Waals surface area (Å²) in [5.41, 5.74) is 0. The van der Waals surface area contributed by atoms with Crippen molar-refractivity contribution in [3.63, 3.8) is 0 Å². The van der Waals surface area contributed by atoms with Gasteiger partial charge in [0.25, 0.3) is 0 Å². The van der Waals surface area contributed by atoms with Crippen molar-refractivity contribution in [1.82, 2.24) is 0 Å². The molecule has 0 fully saturated rings. The van der Waals surface area contributed by atoms with E-state index in [2.05, 4.69) is 38.7 Å². The number of nitrogens with two attached hydrogens (primary N) is 2. The van der Waals surface area contributed by atoms with Crippen molar-refractivity contribution in [3.8, 4) is 0 Å². The van der Waals surface area contributed by atoms with Gasteiger partial charge in [0.05, 0.1) is 0 Å². The normalized spacial score (nSPS) is 4.40. The second kappa shape index (κ2) is 16.6. The van der Waals surface area contributed by atoms with Gasteiger partial charge in [0.2, 0.25) is 0 Å². The van der Waals surface area contributed by atoms with E-state index in [4.69, 9.17) is 0 Å². The Morgan fingerprint density at radius 3 is 1.00 bits per heavy atom. The molecule has 0 aliphatic heterocycles. The van der Waals surface area contributed by atoms with Gasteiger partial charge in [0.1, 0.15) is 0 Å². The van der Waals surface area contributed by atoms with E-state index in [-0.39, 0.29) is 12.3 Å². The van der Waals surface area contributed by atoms with Crippen LogP contribution in [0.5, 0.6) is 0 Å². The molecule has 0 unspecified atom stereocenters. The van der Waals surface area contributed by atoms with Gasteiger partial charge in [-0.3, -0.25) is 0 Å². The molecule has 0 radical (unpaired) electrons. The molecule has 0 amide bonds. The van der Waals surface area contributed by atoms with Crippen molar-refractivity contribution < 1.29 is 11.2 Å². The van der Waals surface area contributed by atoms with Crippen molar-refractivity contribution >= 4 is 38.7 Å². The number of hydrogen-bond donors (Lipinski definition) is 0. The second-order valence-electron chi connectivity index (χ2n) is 0.0452. The molecule has 0 atom stereocenters. The smallest absolute Gasteiger partial charge is 0.693 e. The molecule has 0 rings (SSSR count). The zero-order valence-corrected chi connectivity index (χ0v) is 8.81. The first kappa shape index (κ1) is 15.7. The van der Waals surface area contributed by atoms with Gasteiger partial charge in [-0.15, -0.1) is 0 Å². The summed E-state index contributed by atoms with van der Waals surface area (Å²) >= 11 is 5.30. The molecule has 0 saturated heterocycles. The van der Waals surface area contributed by atoms with E-state index in [0.717, 1.165) is 0 Å². The van der Waals surface area contributed by atoms with E-state index < -0.39 is 0 Å². The van der Waals surface area contributed by atoms with E-state index in [1.54, 1.807) is 0 Å². The van der Waals surface area contributed by atoms with Gasteiger partial charge in [-0.2, -0.15) is 0 Å². The summed E-state index contributed by atoms with van der Waals surface area (Å²) in [6.45, 7) is 0. The van der Waals surface area contributed by atoms with Crippen molar-refractivity contribution in [2.45, 2.75) is 0 Å². The predicted octanol–water partition coefficient (Wildman–Crippen LogP) is 3.20. The van der Waals surface area contributed by atoms with Gasteiger partial charge in [-0.05, 0) is 0 Å². The summed E-state index contributed by atoms with van der Waals surface area (Å²) in [4.78, 5) is 0. The molecule has 0 saturated carbocycles. The van der Waals surface area contributed by atoms with Gasteiger partial charge in [0.15, 0.2) is 0 Å². The summed E-state index contributed by atoms with van der Waals surface area (Å²) in [5.74, 6) is 0. The van der Waals surface area contributed by atoms with E-state index >= 15 is 0 Å². The SMILES string of the molecule is [I][Pt][I].[NH2-].[NH2-]. The largest absolute Gasteiger partial charge is 0.693 e. The van der Waals surface area contributed by atoms with Crippen LogP contribution in [0.15, 0.2) is 0 Å².